The molecule has 1 rings (SSSR count). The lowest BCUT2D eigenvalue weighted by atomic mass is 10.1. The molecule has 4 heteroatoms. The van der Waals surface area contributed by atoms with Gasteiger partial charge in [0.15, 0.2) is 0 Å². The van der Waals surface area contributed by atoms with Crippen molar-refractivity contribution in [3.8, 4) is 0 Å². The molecule has 0 spiro atoms. The molecule has 0 fully saturated rings. The van der Waals surface area contributed by atoms with Crippen molar-refractivity contribution < 1.29 is 9.53 Å². The number of hydrogen-bond acceptors (Lipinski definition) is 3. The monoisotopic (exact) mass is 213 g/mol. The van der Waals surface area contributed by atoms with Gasteiger partial charge in [-0.05, 0) is 18.6 Å². The van der Waals surface area contributed by atoms with E-state index in [9.17, 15) is 4.79 Å². The summed E-state index contributed by atoms with van der Waals surface area (Å²) in [5.41, 5.74) is 6.26. The number of nitrogens with two attached hydrogens (primary N) is 1. The number of hydrogen-bond donors (Lipinski definition) is 1. The SMILES string of the molecule is CCOC(=O)[C@@H](N)c1ccccc1Cl. The number of benzene rings is 1. The number of carbonyl (C=O) groups is 1. The highest BCUT2D eigenvalue weighted by atomic mass is 35.5. The number of ether oxygens (including phenoxy) is 1. The van der Waals surface area contributed by atoms with Crippen molar-refractivity contribution in [3.63, 3.8) is 0 Å². The Morgan fingerprint density at radius 1 is 1.57 bits per heavy atom. The van der Waals surface area contributed by atoms with Crippen LogP contribution in [0.4, 0.5) is 0 Å². The molecule has 1 aromatic rings. The van der Waals surface area contributed by atoms with Gasteiger partial charge in [0, 0.05) is 5.02 Å². The number of rotatable bonds is 3. The van der Waals surface area contributed by atoms with Gasteiger partial charge in [0.1, 0.15) is 6.04 Å². The molecule has 76 valence electrons. The van der Waals surface area contributed by atoms with Gasteiger partial charge >= 0.3 is 5.97 Å². The number of esters is 1. The fourth-order valence-electron chi connectivity index (χ4n) is 1.09. The zero-order chi connectivity index (χ0) is 10.6. The smallest absolute Gasteiger partial charge is 0.327 e. The highest BCUT2D eigenvalue weighted by Gasteiger charge is 2.18. The first kappa shape index (κ1) is 11.0. The van der Waals surface area contributed by atoms with E-state index < -0.39 is 12.0 Å². The molecule has 0 radical (unpaired) electrons. The molecule has 0 aliphatic rings. The van der Waals surface area contributed by atoms with E-state index in [1.165, 1.54) is 0 Å². The predicted octanol–water partition coefficient (Wildman–Crippen LogP) is 1.90. The summed E-state index contributed by atoms with van der Waals surface area (Å²) >= 11 is 5.88. The molecule has 14 heavy (non-hydrogen) atoms. The molecule has 2 N–H and O–H groups in total. The Hall–Kier alpha value is -1.06. The Labute approximate surface area is 87.8 Å². The zero-order valence-electron chi connectivity index (χ0n) is 7.87. The second-order valence-electron chi connectivity index (χ2n) is 2.75. The van der Waals surface area contributed by atoms with Crippen LogP contribution >= 0.6 is 11.6 Å². The molecule has 0 saturated carbocycles. The van der Waals surface area contributed by atoms with Crippen molar-refractivity contribution in [2.24, 2.45) is 5.73 Å². The Balaban J connectivity index is 2.84. The number of carbonyl (C=O) groups excluding carboxylic acids is 1. The van der Waals surface area contributed by atoms with Gasteiger partial charge in [-0.15, -0.1) is 0 Å². The van der Waals surface area contributed by atoms with E-state index in [4.69, 9.17) is 22.1 Å². The average Bonchev–Trinajstić information content (AvgIpc) is 2.18. The van der Waals surface area contributed by atoms with Gasteiger partial charge in [-0.1, -0.05) is 29.8 Å². The lowest BCUT2D eigenvalue weighted by Gasteiger charge is -2.11. The molecule has 0 aromatic heterocycles. The van der Waals surface area contributed by atoms with Crippen molar-refractivity contribution >= 4 is 17.6 Å². The van der Waals surface area contributed by atoms with E-state index in [0.717, 1.165) is 0 Å². The fraction of sp³-hybridized carbons (Fsp3) is 0.300. The van der Waals surface area contributed by atoms with Gasteiger partial charge in [-0.2, -0.15) is 0 Å². The number of halogens is 1. The summed E-state index contributed by atoms with van der Waals surface area (Å²) in [5, 5.41) is 0.480. The Kier molecular flexibility index (Phi) is 3.92. The van der Waals surface area contributed by atoms with Crippen molar-refractivity contribution in [2.75, 3.05) is 6.61 Å². The Morgan fingerprint density at radius 2 is 2.21 bits per heavy atom. The normalized spacial score (nSPS) is 12.2. The topological polar surface area (TPSA) is 52.3 Å². The van der Waals surface area contributed by atoms with Crippen LogP contribution < -0.4 is 5.73 Å². The maximum Gasteiger partial charge on any atom is 0.327 e. The summed E-state index contributed by atoms with van der Waals surface area (Å²) in [7, 11) is 0. The zero-order valence-corrected chi connectivity index (χ0v) is 8.62. The van der Waals surface area contributed by atoms with E-state index in [0.29, 0.717) is 17.2 Å². The van der Waals surface area contributed by atoms with Gasteiger partial charge in [-0.3, -0.25) is 0 Å². The molecule has 0 saturated heterocycles. The Morgan fingerprint density at radius 3 is 2.79 bits per heavy atom. The van der Waals surface area contributed by atoms with Crippen LogP contribution in [0.25, 0.3) is 0 Å². The van der Waals surface area contributed by atoms with Gasteiger partial charge in [0.25, 0.3) is 0 Å². The minimum Gasteiger partial charge on any atom is -0.465 e. The van der Waals surface area contributed by atoms with E-state index in [1.54, 1.807) is 31.2 Å². The van der Waals surface area contributed by atoms with E-state index in [-0.39, 0.29) is 0 Å². The minimum absolute atomic E-state index is 0.316. The molecular weight excluding hydrogens is 202 g/mol. The molecule has 0 heterocycles. The first-order valence-electron chi connectivity index (χ1n) is 4.33. The molecule has 0 bridgehead atoms. The van der Waals surface area contributed by atoms with Gasteiger partial charge in [0.2, 0.25) is 0 Å². The third-order valence-electron chi connectivity index (χ3n) is 1.78. The third kappa shape index (κ3) is 2.47. The first-order chi connectivity index (χ1) is 6.66. The average molecular weight is 214 g/mol. The van der Waals surface area contributed by atoms with Crippen molar-refractivity contribution in [1.82, 2.24) is 0 Å². The van der Waals surface area contributed by atoms with Crippen LogP contribution in [0.2, 0.25) is 5.02 Å². The van der Waals surface area contributed by atoms with Gasteiger partial charge in [-0.25, -0.2) is 4.79 Å². The summed E-state index contributed by atoms with van der Waals surface area (Å²) < 4.78 is 4.79. The second-order valence-corrected chi connectivity index (χ2v) is 3.16. The highest BCUT2D eigenvalue weighted by molar-refractivity contribution is 6.31. The van der Waals surface area contributed by atoms with Crippen molar-refractivity contribution in [3.05, 3.63) is 34.9 Å². The first-order valence-corrected chi connectivity index (χ1v) is 4.71. The molecule has 0 aliphatic heterocycles. The fourth-order valence-corrected chi connectivity index (χ4v) is 1.34. The minimum atomic E-state index is -0.802. The predicted molar refractivity (Wildman–Crippen MR) is 55.0 cm³/mol. The van der Waals surface area contributed by atoms with Crippen molar-refractivity contribution in [2.45, 2.75) is 13.0 Å². The van der Waals surface area contributed by atoms with Crippen LogP contribution in [0.1, 0.15) is 18.5 Å². The van der Waals surface area contributed by atoms with Gasteiger partial charge in [0.05, 0.1) is 6.61 Å². The van der Waals surface area contributed by atoms with Crippen LogP contribution in [0.3, 0.4) is 0 Å². The standard InChI is InChI=1S/C10H12ClNO2/c1-2-14-10(13)9(12)7-5-3-4-6-8(7)11/h3-6,9H,2,12H2,1H3/t9-/m0/s1. The van der Waals surface area contributed by atoms with Crippen LogP contribution in [0, 0.1) is 0 Å². The molecule has 1 atom stereocenters. The van der Waals surface area contributed by atoms with Crippen molar-refractivity contribution in [1.29, 1.82) is 0 Å². The maximum atomic E-state index is 11.3. The lowest BCUT2D eigenvalue weighted by Crippen LogP contribution is -2.23. The highest BCUT2D eigenvalue weighted by Crippen LogP contribution is 2.21. The summed E-state index contributed by atoms with van der Waals surface area (Å²) in [5.74, 6) is -0.458. The van der Waals surface area contributed by atoms with E-state index in [1.807, 2.05) is 0 Å². The van der Waals surface area contributed by atoms with Crippen LogP contribution in [-0.2, 0) is 9.53 Å². The molecular formula is C10H12ClNO2. The van der Waals surface area contributed by atoms with Crippen LogP contribution in [0.15, 0.2) is 24.3 Å². The van der Waals surface area contributed by atoms with Crippen LogP contribution in [0.5, 0.6) is 0 Å². The summed E-state index contributed by atoms with van der Waals surface area (Å²) in [6, 6.07) is 6.16. The largest absolute Gasteiger partial charge is 0.465 e. The third-order valence-corrected chi connectivity index (χ3v) is 2.13. The summed E-state index contributed by atoms with van der Waals surface area (Å²) in [6.07, 6.45) is 0. The lowest BCUT2D eigenvalue weighted by molar-refractivity contribution is -0.144. The molecule has 0 unspecified atom stereocenters. The molecule has 0 amide bonds. The maximum absolute atomic E-state index is 11.3. The molecule has 1 aromatic carbocycles. The second kappa shape index (κ2) is 4.98. The molecule has 3 nitrogen and oxygen atoms in total. The van der Waals surface area contributed by atoms with E-state index in [2.05, 4.69) is 0 Å². The van der Waals surface area contributed by atoms with E-state index >= 15 is 0 Å². The summed E-state index contributed by atoms with van der Waals surface area (Å²) in [4.78, 5) is 11.3. The Bertz CT molecular complexity index is 328. The van der Waals surface area contributed by atoms with Crippen LogP contribution in [-0.4, -0.2) is 12.6 Å². The van der Waals surface area contributed by atoms with Gasteiger partial charge < -0.3 is 10.5 Å². The quantitative estimate of drug-likeness (QED) is 0.781. The summed E-state index contributed by atoms with van der Waals surface area (Å²) in [6.45, 7) is 2.05. The molecule has 0 aliphatic carbocycles.